The number of nitrogens with two attached hydrogens (primary N) is 1. The van der Waals surface area contributed by atoms with E-state index in [1.165, 1.54) is 50.0 Å². The summed E-state index contributed by atoms with van der Waals surface area (Å²) in [6, 6.07) is 6.26. The highest BCUT2D eigenvalue weighted by Crippen LogP contribution is 2.28. The lowest BCUT2D eigenvalue weighted by Gasteiger charge is -2.34. The van der Waals surface area contributed by atoms with Crippen LogP contribution in [0.4, 0.5) is 11.4 Å². The number of hydrogen-bond donors (Lipinski definition) is 1. The predicted molar refractivity (Wildman–Crippen MR) is 75.4 cm³/mol. The number of nitrogen functional groups attached to an aromatic ring is 1. The van der Waals surface area contributed by atoms with Crippen LogP contribution in [0, 0.1) is 12.8 Å². The van der Waals surface area contributed by atoms with Crippen LogP contribution in [0.15, 0.2) is 18.2 Å². The van der Waals surface area contributed by atoms with Crippen LogP contribution in [0.3, 0.4) is 0 Å². The Bertz CT molecular complexity index is 365. The van der Waals surface area contributed by atoms with Gasteiger partial charge in [0.25, 0.3) is 0 Å². The van der Waals surface area contributed by atoms with Crippen LogP contribution in [0.1, 0.15) is 38.2 Å². The lowest BCUT2D eigenvalue weighted by Crippen LogP contribution is -2.34. The number of piperidine rings is 1. The fraction of sp³-hybridized carbons (Fsp3) is 0.600. The standard InChI is InChI=1S/C15H24N2/c1-3-4-13-7-9-17(10-8-13)15-6-5-14(16)11-12(15)2/h5-6,11,13H,3-4,7-10,16H2,1-2H3. The van der Waals surface area contributed by atoms with E-state index in [0.717, 1.165) is 11.6 Å². The molecule has 1 aromatic carbocycles. The second kappa shape index (κ2) is 5.44. The minimum Gasteiger partial charge on any atom is -0.399 e. The van der Waals surface area contributed by atoms with Gasteiger partial charge >= 0.3 is 0 Å². The van der Waals surface area contributed by atoms with Crippen LogP contribution >= 0.6 is 0 Å². The normalized spacial score (nSPS) is 17.4. The fourth-order valence-corrected chi connectivity index (χ4v) is 2.90. The van der Waals surface area contributed by atoms with Gasteiger partial charge in [0.2, 0.25) is 0 Å². The summed E-state index contributed by atoms with van der Waals surface area (Å²) < 4.78 is 0. The summed E-state index contributed by atoms with van der Waals surface area (Å²) in [5, 5.41) is 0. The van der Waals surface area contributed by atoms with Gasteiger partial charge in [0.05, 0.1) is 0 Å². The van der Waals surface area contributed by atoms with Gasteiger partial charge in [0.15, 0.2) is 0 Å². The van der Waals surface area contributed by atoms with E-state index in [1.54, 1.807) is 0 Å². The number of aryl methyl sites for hydroxylation is 1. The lowest BCUT2D eigenvalue weighted by atomic mass is 9.92. The molecule has 0 bridgehead atoms. The van der Waals surface area contributed by atoms with Gasteiger partial charge in [0.1, 0.15) is 0 Å². The van der Waals surface area contributed by atoms with Gasteiger partial charge in [-0.05, 0) is 49.4 Å². The topological polar surface area (TPSA) is 29.3 Å². The van der Waals surface area contributed by atoms with E-state index in [9.17, 15) is 0 Å². The molecule has 2 rings (SSSR count). The molecule has 2 heteroatoms. The van der Waals surface area contributed by atoms with Crippen molar-refractivity contribution in [3.63, 3.8) is 0 Å². The van der Waals surface area contributed by atoms with Crippen LogP contribution in [-0.2, 0) is 0 Å². The van der Waals surface area contributed by atoms with Gasteiger partial charge < -0.3 is 10.6 Å². The summed E-state index contributed by atoms with van der Waals surface area (Å²) in [7, 11) is 0. The third-order valence-electron chi connectivity index (χ3n) is 3.87. The molecule has 0 saturated carbocycles. The number of nitrogens with zero attached hydrogens (tertiary/aromatic N) is 1. The quantitative estimate of drug-likeness (QED) is 0.807. The molecule has 0 radical (unpaired) electrons. The first kappa shape index (κ1) is 12.3. The molecular formula is C15H24N2. The maximum atomic E-state index is 5.80. The summed E-state index contributed by atoms with van der Waals surface area (Å²) >= 11 is 0. The maximum Gasteiger partial charge on any atom is 0.0397 e. The molecule has 1 aliphatic heterocycles. The Morgan fingerprint density at radius 2 is 2.00 bits per heavy atom. The van der Waals surface area contributed by atoms with Crippen molar-refractivity contribution in [3.8, 4) is 0 Å². The van der Waals surface area contributed by atoms with Crippen molar-refractivity contribution >= 4 is 11.4 Å². The van der Waals surface area contributed by atoms with Gasteiger partial charge in [0, 0.05) is 24.5 Å². The Kier molecular flexibility index (Phi) is 3.93. The zero-order valence-electron chi connectivity index (χ0n) is 11.1. The Labute approximate surface area is 105 Å². The first-order valence-electron chi connectivity index (χ1n) is 6.81. The minimum absolute atomic E-state index is 0.868. The van der Waals surface area contributed by atoms with Crippen molar-refractivity contribution in [2.45, 2.75) is 39.5 Å². The van der Waals surface area contributed by atoms with Gasteiger partial charge in [-0.2, -0.15) is 0 Å². The molecule has 0 spiro atoms. The van der Waals surface area contributed by atoms with Crippen LogP contribution in [0.25, 0.3) is 0 Å². The Morgan fingerprint density at radius 1 is 1.29 bits per heavy atom. The highest BCUT2D eigenvalue weighted by atomic mass is 15.1. The van der Waals surface area contributed by atoms with E-state index in [2.05, 4.69) is 30.9 Å². The molecule has 0 amide bonds. The molecule has 1 heterocycles. The Morgan fingerprint density at radius 3 is 2.59 bits per heavy atom. The molecule has 1 fully saturated rings. The smallest absolute Gasteiger partial charge is 0.0397 e. The van der Waals surface area contributed by atoms with Gasteiger partial charge in [-0.1, -0.05) is 19.8 Å². The maximum absolute atomic E-state index is 5.80. The number of benzene rings is 1. The van der Waals surface area contributed by atoms with E-state index >= 15 is 0 Å². The molecule has 0 unspecified atom stereocenters. The van der Waals surface area contributed by atoms with Crippen molar-refractivity contribution in [2.75, 3.05) is 23.7 Å². The van der Waals surface area contributed by atoms with Crippen molar-refractivity contribution in [1.82, 2.24) is 0 Å². The summed E-state index contributed by atoms with van der Waals surface area (Å²) in [5.74, 6) is 0.949. The lowest BCUT2D eigenvalue weighted by molar-refractivity contribution is 0.378. The second-order valence-electron chi connectivity index (χ2n) is 5.27. The van der Waals surface area contributed by atoms with E-state index in [4.69, 9.17) is 5.73 Å². The third kappa shape index (κ3) is 2.93. The average molecular weight is 232 g/mol. The fourth-order valence-electron chi connectivity index (χ4n) is 2.90. The summed E-state index contributed by atoms with van der Waals surface area (Å²) in [5.41, 5.74) is 9.34. The molecular weight excluding hydrogens is 208 g/mol. The molecule has 1 aromatic rings. The third-order valence-corrected chi connectivity index (χ3v) is 3.87. The van der Waals surface area contributed by atoms with Crippen LogP contribution in [0.5, 0.6) is 0 Å². The molecule has 17 heavy (non-hydrogen) atoms. The molecule has 2 nitrogen and oxygen atoms in total. The van der Waals surface area contributed by atoms with E-state index in [0.29, 0.717) is 0 Å². The van der Waals surface area contributed by atoms with Crippen LogP contribution in [0.2, 0.25) is 0 Å². The van der Waals surface area contributed by atoms with Crippen molar-refractivity contribution in [1.29, 1.82) is 0 Å². The molecule has 1 saturated heterocycles. The first-order valence-corrected chi connectivity index (χ1v) is 6.81. The number of hydrogen-bond acceptors (Lipinski definition) is 2. The second-order valence-corrected chi connectivity index (χ2v) is 5.27. The minimum atomic E-state index is 0.868. The largest absolute Gasteiger partial charge is 0.399 e. The first-order chi connectivity index (χ1) is 8.20. The number of rotatable bonds is 3. The monoisotopic (exact) mass is 232 g/mol. The van der Waals surface area contributed by atoms with Crippen molar-refractivity contribution in [3.05, 3.63) is 23.8 Å². The summed E-state index contributed by atoms with van der Waals surface area (Å²) in [4.78, 5) is 2.51. The van der Waals surface area contributed by atoms with Crippen LogP contribution in [-0.4, -0.2) is 13.1 Å². The number of anilines is 2. The van der Waals surface area contributed by atoms with Gasteiger partial charge in [-0.15, -0.1) is 0 Å². The van der Waals surface area contributed by atoms with Gasteiger partial charge in [-0.3, -0.25) is 0 Å². The van der Waals surface area contributed by atoms with Crippen molar-refractivity contribution < 1.29 is 0 Å². The van der Waals surface area contributed by atoms with Crippen molar-refractivity contribution in [2.24, 2.45) is 5.92 Å². The zero-order valence-corrected chi connectivity index (χ0v) is 11.1. The molecule has 94 valence electrons. The SMILES string of the molecule is CCCC1CCN(c2ccc(N)cc2C)CC1. The van der Waals surface area contributed by atoms with Gasteiger partial charge in [-0.25, -0.2) is 0 Å². The highest BCUT2D eigenvalue weighted by molar-refractivity contribution is 5.59. The highest BCUT2D eigenvalue weighted by Gasteiger charge is 2.19. The van der Waals surface area contributed by atoms with Crippen LogP contribution < -0.4 is 10.6 Å². The summed E-state index contributed by atoms with van der Waals surface area (Å²) in [6.45, 7) is 6.85. The van der Waals surface area contributed by atoms with E-state index in [-0.39, 0.29) is 0 Å². The molecule has 2 N–H and O–H groups in total. The zero-order chi connectivity index (χ0) is 12.3. The Balaban J connectivity index is 2.00. The van der Waals surface area contributed by atoms with E-state index in [1.807, 2.05) is 6.07 Å². The summed E-state index contributed by atoms with van der Waals surface area (Å²) in [6.07, 6.45) is 5.41. The predicted octanol–water partition coefficient (Wildman–Crippen LogP) is 3.59. The molecule has 0 aliphatic carbocycles. The van der Waals surface area contributed by atoms with E-state index < -0.39 is 0 Å². The molecule has 0 aromatic heterocycles. The molecule has 0 atom stereocenters. The molecule has 1 aliphatic rings. The average Bonchev–Trinajstić information content (AvgIpc) is 2.31. The Hall–Kier alpha value is -1.18.